The lowest BCUT2D eigenvalue weighted by molar-refractivity contribution is -0.151. The van der Waals surface area contributed by atoms with Gasteiger partial charge in [-0.05, 0) is 20.8 Å². The summed E-state index contributed by atoms with van der Waals surface area (Å²) in [5, 5.41) is 8.48. The molecule has 14 heavy (non-hydrogen) atoms. The van der Waals surface area contributed by atoms with E-state index in [4.69, 9.17) is 5.11 Å². The van der Waals surface area contributed by atoms with E-state index in [9.17, 15) is 9.59 Å². The van der Waals surface area contributed by atoms with E-state index >= 15 is 0 Å². The van der Waals surface area contributed by atoms with E-state index < -0.39 is 12.1 Å². The molecular formula is C9H18O5. The number of hydrogen-bond donors (Lipinski definition) is 1. The fourth-order valence-electron chi connectivity index (χ4n) is 0.466. The van der Waals surface area contributed by atoms with Gasteiger partial charge in [-0.25, -0.2) is 4.79 Å². The van der Waals surface area contributed by atoms with Crippen molar-refractivity contribution >= 4 is 11.9 Å². The molecule has 0 radical (unpaired) electrons. The first-order valence-electron chi connectivity index (χ1n) is 4.43. The summed E-state index contributed by atoms with van der Waals surface area (Å²) in [5.41, 5.74) is 0. The van der Waals surface area contributed by atoms with Crippen LogP contribution in [0.15, 0.2) is 0 Å². The first-order chi connectivity index (χ1) is 6.45. The van der Waals surface area contributed by atoms with E-state index in [1.165, 1.54) is 13.8 Å². The second-order valence-electron chi connectivity index (χ2n) is 2.35. The van der Waals surface area contributed by atoms with E-state index in [0.717, 1.165) is 0 Å². The molecule has 0 unspecified atom stereocenters. The van der Waals surface area contributed by atoms with Crippen LogP contribution in [0.25, 0.3) is 0 Å². The SMILES string of the molecule is CCOC(=O)[C@H](C)O.CCOC(C)=O. The molecule has 0 saturated carbocycles. The fraction of sp³-hybridized carbons (Fsp3) is 0.778. The molecule has 0 aliphatic carbocycles. The van der Waals surface area contributed by atoms with Crippen LogP contribution in [0.4, 0.5) is 0 Å². The highest BCUT2D eigenvalue weighted by Gasteiger charge is 2.07. The molecule has 0 heterocycles. The number of esters is 2. The topological polar surface area (TPSA) is 72.8 Å². The quantitative estimate of drug-likeness (QED) is 0.681. The molecule has 0 aromatic rings. The summed E-state index contributed by atoms with van der Waals surface area (Å²) in [7, 11) is 0. The smallest absolute Gasteiger partial charge is 0.334 e. The zero-order valence-electron chi connectivity index (χ0n) is 9.07. The number of aliphatic hydroxyl groups is 1. The van der Waals surface area contributed by atoms with Crippen molar-refractivity contribution < 1.29 is 24.2 Å². The van der Waals surface area contributed by atoms with Gasteiger partial charge in [0.1, 0.15) is 6.10 Å². The van der Waals surface area contributed by atoms with Crippen LogP contribution < -0.4 is 0 Å². The van der Waals surface area contributed by atoms with Gasteiger partial charge in [0.15, 0.2) is 0 Å². The van der Waals surface area contributed by atoms with Crippen molar-refractivity contribution in [3.8, 4) is 0 Å². The van der Waals surface area contributed by atoms with E-state index in [0.29, 0.717) is 13.2 Å². The van der Waals surface area contributed by atoms with Gasteiger partial charge in [0.2, 0.25) is 0 Å². The summed E-state index contributed by atoms with van der Waals surface area (Å²) in [6.45, 7) is 7.04. The Balaban J connectivity index is 0. The molecule has 0 bridgehead atoms. The molecule has 0 amide bonds. The van der Waals surface area contributed by atoms with E-state index in [-0.39, 0.29) is 5.97 Å². The maximum atomic E-state index is 10.3. The second kappa shape index (κ2) is 9.98. The maximum absolute atomic E-state index is 10.3. The fourth-order valence-corrected chi connectivity index (χ4v) is 0.466. The highest BCUT2D eigenvalue weighted by atomic mass is 16.5. The zero-order valence-corrected chi connectivity index (χ0v) is 9.07. The molecule has 5 nitrogen and oxygen atoms in total. The minimum atomic E-state index is -0.991. The molecule has 1 N–H and O–H groups in total. The van der Waals surface area contributed by atoms with Crippen molar-refractivity contribution in [2.24, 2.45) is 0 Å². The van der Waals surface area contributed by atoms with Crippen LogP contribution in [-0.2, 0) is 19.1 Å². The van der Waals surface area contributed by atoms with Gasteiger partial charge in [-0.1, -0.05) is 0 Å². The number of rotatable bonds is 3. The molecule has 0 rings (SSSR count). The van der Waals surface area contributed by atoms with Crippen molar-refractivity contribution in [2.75, 3.05) is 13.2 Å². The summed E-state index contributed by atoms with van der Waals surface area (Å²) in [6.07, 6.45) is -0.991. The summed E-state index contributed by atoms with van der Waals surface area (Å²) in [5.74, 6) is -0.773. The Hall–Kier alpha value is -1.10. The lowest BCUT2D eigenvalue weighted by atomic mass is 10.4. The predicted octanol–water partition coefficient (Wildman–Crippen LogP) is 0.500. The van der Waals surface area contributed by atoms with E-state index in [1.54, 1.807) is 13.8 Å². The molecule has 0 aromatic heterocycles. The van der Waals surface area contributed by atoms with Crippen LogP contribution in [0.5, 0.6) is 0 Å². The van der Waals surface area contributed by atoms with Crippen molar-refractivity contribution in [2.45, 2.75) is 33.8 Å². The van der Waals surface area contributed by atoms with Crippen molar-refractivity contribution in [3.05, 3.63) is 0 Å². The highest BCUT2D eigenvalue weighted by molar-refractivity contribution is 5.73. The number of aliphatic hydroxyl groups excluding tert-OH is 1. The molecule has 0 aliphatic heterocycles. The lowest BCUT2D eigenvalue weighted by Crippen LogP contribution is -2.18. The Morgan fingerprint density at radius 3 is 1.71 bits per heavy atom. The van der Waals surface area contributed by atoms with Crippen LogP contribution >= 0.6 is 0 Å². The molecule has 0 spiro atoms. The average molecular weight is 206 g/mol. The van der Waals surface area contributed by atoms with Gasteiger partial charge in [0, 0.05) is 6.92 Å². The minimum Gasteiger partial charge on any atom is -0.466 e. The van der Waals surface area contributed by atoms with Crippen LogP contribution in [0.2, 0.25) is 0 Å². The van der Waals surface area contributed by atoms with Gasteiger partial charge in [0.05, 0.1) is 13.2 Å². The Morgan fingerprint density at radius 1 is 1.21 bits per heavy atom. The number of carbonyl (C=O) groups excluding carboxylic acids is 2. The molecule has 84 valence electrons. The maximum Gasteiger partial charge on any atom is 0.334 e. The zero-order chi connectivity index (χ0) is 11.6. The van der Waals surface area contributed by atoms with Crippen molar-refractivity contribution in [3.63, 3.8) is 0 Å². The average Bonchev–Trinajstić information content (AvgIpc) is 2.05. The predicted molar refractivity (Wildman–Crippen MR) is 50.6 cm³/mol. The van der Waals surface area contributed by atoms with Gasteiger partial charge in [-0.15, -0.1) is 0 Å². The number of hydrogen-bond acceptors (Lipinski definition) is 5. The third kappa shape index (κ3) is 13.5. The van der Waals surface area contributed by atoms with Gasteiger partial charge >= 0.3 is 11.9 Å². The summed E-state index contributed by atoms with van der Waals surface area (Å²) >= 11 is 0. The molecule has 5 heteroatoms. The second-order valence-corrected chi connectivity index (χ2v) is 2.35. The molecule has 0 aliphatic rings. The summed E-state index contributed by atoms with van der Waals surface area (Å²) in [6, 6.07) is 0. The highest BCUT2D eigenvalue weighted by Crippen LogP contribution is 1.84. The Bertz CT molecular complexity index is 165. The number of carbonyl (C=O) groups is 2. The van der Waals surface area contributed by atoms with Crippen LogP contribution in [0.3, 0.4) is 0 Å². The first kappa shape index (κ1) is 15.4. The molecule has 0 aromatic carbocycles. The molecular weight excluding hydrogens is 188 g/mol. The molecule has 0 fully saturated rings. The van der Waals surface area contributed by atoms with Crippen LogP contribution in [0, 0.1) is 0 Å². The largest absolute Gasteiger partial charge is 0.466 e. The van der Waals surface area contributed by atoms with Gasteiger partial charge in [-0.2, -0.15) is 0 Å². The van der Waals surface area contributed by atoms with Crippen molar-refractivity contribution in [1.29, 1.82) is 0 Å². The first-order valence-corrected chi connectivity index (χ1v) is 4.43. The third-order valence-electron chi connectivity index (χ3n) is 0.975. The van der Waals surface area contributed by atoms with Gasteiger partial charge < -0.3 is 14.6 Å². The monoisotopic (exact) mass is 206 g/mol. The van der Waals surface area contributed by atoms with Gasteiger partial charge in [0.25, 0.3) is 0 Å². The molecule has 1 atom stereocenters. The lowest BCUT2D eigenvalue weighted by Gasteiger charge is -2.01. The van der Waals surface area contributed by atoms with E-state index in [2.05, 4.69) is 9.47 Å². The Morgan fingerprint density at radius 2 is 1.64 bits per heavy atom. The number of ether oxygens (including phenoxy) is 2. The van der Waals surface area contributed by atoms with Crippen LogP contribution in [-0.4, -0.2) is 36.4 Å². The summed E-state index contributed by atoms with van der Waals surface area (Å²) < 4.78 is 8.82. The third-order valence-corrected chi connectivity index (χ3v) is 0.975. The Kier molecular flexibility index (Phi) is 11.0. The van der Waals surface area contributed by atoms with E-state index in [1.807, 2.05) is 0 Å². The van der Waals surface area contributed by atoms with Gasteiger partial charge in [-0.3, -0.25) is 4.79 Å². The minimum absolute atomic E-state index is 0.211. The van der Waals surface area contributed by atoms with Crippen LogP contribution in [0.1, 0.15) is 27.7 Å². The standard InChI is InChI=1S/C5H10O3.C4H8O2/c1-3-8-5(7)4(2)6;1-3-6-4(2)5/h4,6H,3H2,1-2H3;3H2,1-2H3/t4-;/m0./s1. The molecule has 0 saturated heterocycles. The van der Waals surface area contributed by atoms with Crippen molar-refractivity contribution in [1.82, 2.24) is 0 Å². The Labute approximate surface area is 84.0 Å². The summed E-state index contributed by atoms with van der Waals surface area (Å²) in [4.78, 5) is 20.1. The normalized spacial score (nSPS) is 10.6.